The number of carbonyl (C=O) groups is 2. The monoisotopic (exact) mass is 480 g/mol. The first-order chi connectivity index (χ1) is 17.5. The summed E-state index contributed by atoms with van der Waals surface area (Å²) in [6.45, 7) is 1.02. The minimum atomic E-state index is 0.0115. The third-order valence-electron chi connectivity index (χ3n) is 9.25. The second kappa shape index (κ2) is 8.39. The second-order valence-electron chi connectivity index (χ2n) is 11.8. The Bertz CT molecular complexity index is 1330. The molecular formula is C30H32N4O2. The van der Waals surface area contributed by atoms with Gasteiger partial charge in [0.2, 0.25) is 5.91 Å². The first kappa shape index (κ1) is 22.0. The molecule has 0 spiro atoms. The highest BCUT2D eigenvalue weighted by molar-refractivity contribution is 5.98. The Morgan fingerprint density at radius 1 is 0.944 bits per heavy atom. The lowest BCUT2D eigenvalue weighted by atomic mass is 9.49. The Kier molecular flexibility index (Phi) is 5.12. The predicted octanol–water partition coefficient (Wildman–Crippen LogP) is 5.37. The van der Waals surface area contributed by atoms with Crippen LogP contribution in [-0.4, -0.2) is 33.2 Å². The lowest BCUT2D eigenvalue weighted by Crippen LogP contribution is -2.47. The summed E-state index contributed by atoms with van der Waals surface area (Å²) < 4.78 is 0. The highest BCUT2D eigenvalue weighted by atomic mass is 16.2. The topological polar surface area (TPSA) is 75.2 Å². The summed E-state index contributed by atoms with van der Waals surface area (Å²) >= 11 is 0. The molecule has 2 amide bonds. The third-order valence-corrected chi connectivity index (χ3v) is 9.25. The standard InChI is InChI=1S/C30H32N4O2/c35-27(16-30-13-19-9-20(14-30)11-21(10-19)15-30)33-28-25-7-8-34(17-26(25)31-18-32-28)29(36)24-6-5-22-3-1-2-4-23(22)12-24/h1-6,12,18-21H,7-11,13-17H2,(H,31,32,33,35). The number of aromatic nitrogens is 2. The molecule has 1 aromatic heterocycles. The normalized spacial score (nSPS) is 28.2. The molecule has 2 heterocycles. The van der Waals surface area contributed by atoms with Crippen LogP contribution in [0.15, 0.2) is 48.8 Å². The minimum Gasteiger partial charge on any atom is -0.332 e. The fourth-order valence-electron chi connectivity index (χ4n) is 8.16. The molecule has 4 fully saturated rings. The number of hydrogen-bond donors (Lipinski definition) is 1. The molecule has 3 aromatic rings. The van der Waals surface area contributed by atoms with Crippen LogP contribution in [0.4, 0.5) is 5.82 Å². The van der Waals surface area contributed by atoms with Gasteiger partial charge in [0, 0.05) is 24.1 Å². The Morgan fingerprint density at radius 3 is 2.42 bits per heavy atom. The second-order valence-corrected chi connectivity index (χ2v) is 11.8. The van der Waals surface area contributed by atoms with Gasteiger partial charge in [0.15, 0.2) is 0 Å². The summed E-state index contributed by atoms with van der Waals surface area (Å²) in [4.78, 5) is 37.3. The largest absolute Gasteiger partial charge is 0.332 e. The number of nitrogens with one attached hydrogen (secondary N) is 1. The SMILES string of the molecule is O=C(CC12CC3CC(CC(C3)C1)C2)Nc1ncnc2c1CCN(C(=O)c1ccc3ccccc3c1)C2. The van der Waals surface area contributed by atoms with Gasteiger partial charge < -0.3 is 10.2 Å². The molecule has 0 unspecified atom stereocenters. The highest BCUT2D eigenvalue weighted by Crippen LogP contribution is 2.61. The molecule has 36 heavy (non-hydrogen) atoms. The molecule has 8 rings (SSSR count). The van der Waals surface area contributed by atoms with Crippen LogP contribution in [0, 0.1) is 23.2 Å². The van der Waals surface area contributed by atoms with Crippen LogP contribution in [0.3, 0.4) is 0 Å². The molecule has 4 bridgehead atoms. The van der Waals surface area contributed by atoms with E-state index in [1.807, 2.05) is 41.3 Å². The van der Waals surface area contributed by atoms with Gasteiger partial charge in [-0.1, -0.05) is 30.3 Å². The van der Waals surface area contributed by atoms with Gasteiger partial charge >= 0.3 is 0 Å². The Balaban J connectivity index is 1.05. The van der Waals surface area contributed by atoms with Crippen LogP contribution >= 0.6 is 0 Å². The van der Waals surface area contributed by atoms with Gasteiger partial charge in [0.05, 0.1) is 12.2 Å². The number of nitrogens with zero attached hydrogens (tertiary/aromatic N) is 3. The molecule has 4 saturated carbocycles. The molecule has 6 heteroatoms. The van der Waals surface area contributed by atoms with Crippen LogP contribution in [-0.2, 0) is 17.8 Å². The van der Waals surface area contributed by atoms with Gasteiger partial charge in [-0.05, 0) is 91.0 Å². The quantitative estimate of drug-likeness (QED) is 0.545. The summed E-state index contributed by atoms with van der Waals surface area (Å²) in [6.07, 6.45) is 10.6. The average molecular weight is 481 g/mol. The first-order valence-electron chi connectivity index (χ1n) is 13.4. The minimum absolute atomic E-state index is 0.0115. The van der Waals surface area contributed by atoms with E-state index >= 15 is 0 Å². The zero-order valence-electron chi connectivity index (χ0n) is 20.6. The van der Waals surface area contributed by atoms with E-state index in [-0.39, 0.29) is 17.2 Å². The van der Waals surface area contributed by atoms with E-state index < -0.39 is 0 Å². The van der Waals surface area contributed by atoms with E-state index in [2.05, 4.69) is 21.4 Å². The van der Waals surface area contributed by atoms with E-state index in [9.17, 15) is 9.59 Å². The van der Waals surface area contributed by atoms with Crippen molar-refractivity contribution in [2.45, 2.75) is 57.9 Å². The summed E-state index contributed by atoms with van der Waals surface area (Å²) in [5, 5.41) is 5.33. The van der Waals surface area contributed by atoms with Crippen molar-refractivity contribution in [1.82, 2.24) is 14.9 Å². The molecule has 6 nitrogen and oxygen atoms in total. The molecule has 184 valence electrons. The fraction of sp³-hybridized carbons (Fsp3) is 0.467. The number of anilines is 1. The van der Waals surface area contributed by atoms with Gasteiger partial charge in [0.1, 0.15) is 12.1 Å². The van der Waals surface area contributed by atoms with Gasteiger partial charge in [-0.25, -0.2) is 9.97 Å². The van der Waals surface area contributed by atoms with Crippen molar-refractivity contribution in [2.75, 3.05) is 11.9 Å². The molecule has 5 aliphatic rings. The summed E-state index contributed by atoms with van der Waals surface area (Å²) in [7, 11) is 0. The number of hydrogen-bond acceptors (Lipinski definition) is 4. The van der Waals surface area contributed by atoms with E-state index in [1.165, 1.54) is 44.9 Å². The number of benzene rings is 2. The van der Waals surface area contributed by atoms with Gasteiger partial charge in [-0.2, -0.15) is 0 Å². The fourth-order valence-corrected chi connectivity index (χ4v) is 8.16. The lowest BCUT2D eigenvalue weighted by Gasteiger charge is -2.56. The van der Waals surface area contributed by atoms with Crippen LogP contribution in [0.2, 0.25) is 0 Å². The predicted molar refractivity (Wildman–Crippen MR) is 138 cm³/mol. The van der Waals surface area contributed by atoms with Crippen molar-refractivity contribution in [3.63, 3.8) is 0 Å². The molecule has 4 aliphatic carbocycles. The average Bonchev–Trinajstić information content (AvgIpc) is 2.86. The lowest BCUT2D eigenvalue weighted by molar-refractivity contribution is -0.124. The Hall–Kier alpha value is -3.28. The van der Waals surface area contributed by atoms with E-state index in [0.717, 1.165) is 39.8 Å². The number of fused-ring (bicyclic) bond motifs is 2. The number of amides is 2. The van der Waals surface area contributed by atoms with Crippen LogP contribution in [0.5, 0.6) is 0 Å². The smallest absolute Gasteiger partial charge is 0.254 e. The molecular weight excluding hydrogens is 448 g/mol. The number of carbonyl (C=O) groups excluding carboxylic acids is 2. The van der Waals surface area contributed by atoms with Crippen LogP contribution in [0.25, 0.3) is 10.8 Å². The molecule has 1 N–H and O–H groups in total. The third kappa shape index (κ3) is 3.87. The van der Waals surface area contributed by atoms with Crippen molar-refractivity contribution in [3.05, 3.63) is 65.6 Å². The molecule has 1 aliphatic heterocycles. The van der Waals surface area contributed by atoms with Crippen LogP contribution in [0.1, 0.15) is 66.6 Å². The number of rotatable bonds is 4. The van der Waals surface area contributed by atoms with E-state index in [4.69, 9.17) is 0 Å². The maximum Gasteiger partial charge on any atom is 0.254 e. The van der Waals surface area contributed by atoms with Crippen molar-refractivity contribution >= 4 is 28.4 Å². The summed E-state index contributed by atoms with van der Waals surface area (Å²) in [6, 6.07) is 13.9. The molecule has 0 radical (unpaired) electrons. The van der Waals surface area contributed by atoms with Crippen molar-refractivity contribution in [2.24, 2.45) is 23.2 Å². The Morgan fingerprint density at radius 2 is 1.67 bits per heavy atom. The first-order valence-corrected chi connectivity index (χ1v) is 13.4. The Labute approximate surface area is 211 Å². The molecule has 0 atom stereocenters. The zero-order valence-corrected chi connectivity index (χ0v) is 20.6. The highest BCUT2D eigenvalue weighted by Gasteiger charge is 2.51. The van der Waals surface area contributed by atoms with Gasteiger partial charge in [-0.3, -0.25) is 9.59 Å². The van der Waals surface area contributed by atoms with Gasteiger partial charge in [-0.15, -0.1) is 0 Å². The maximum atomic E-state index is 13.3. The maximum absolute atomic E-state index is 13.3. The van der Waals surface area contributed by atoms with E-state index in [0.29, 0.717) is 37.3 Å². The van der Waals surface area contributed by atoms with Crippen molar-refractivity contribution in [3.8, 4) is 0 Å². The van der Waals surface area contributed by atoms with Gasteiger partial charge in [0.25, 0.3) is 5.91 Å². The van der Waals surface area contributed by atoms with E-state index in [1.54, 1.807) is 0 Å². The van der Waals surface area contributed by atoms with Crippen molar-refractivity contribution < 1.29 is 9.59 Å². The molecule has 0 saturated heterocycles. The van der Waals surface area contributed by atoms with Crippen molar-refractivity contribution in [1.29, 1.82) is 0 Å². The zero-order chi connectivity index (χ0) is 24.3. The molecule has 2 aromatic carbocycles. The summed E-state index contributed by atoms with van der Waals surface area (Å²) in [5.41, 5.74) is 2.69. The van der Waals surface area contributed by atoms with Crippen LogP contribution < -0.4 is 5.32 Å². The summed E-state index contributed by atoms with van der Waals surface area (Å²) in [5.74, 6) is 3.24.